The summed E-state index contributed by atoms with van der Waals surface area (Å²) in [5.41, 5.74) is 5.28. The molecule has 1 aliphatic heterocycles. The van der Waals surface area contributed by atoms with Crippen LogP contribution in [0, 0.1) is 0 Å². The lowest BCUT2D eigenvalue weighted by atomic mass is 10.4. The molecule has 36 valence electrons. The van der Waals surface area contributed by atoms with Gasteiger partial charge in [0.15, 0.2) is 0 Å². The molecule has 0 saturated carbocycles. The van der Waals surface area contributed by atoms with E-state index in [0.29, 0.717) is 0 Å². The van der Waals surface area contributed by atoms with Crippen molar-refractivity contribution in [2.24, 2.45) is 5.73 Å². The van der Waals surface area contributed by atoms with Gasteiger partial charge in [0.25, 0.3) is 0 Å². The zero-order valence-electron chi connectivity index (χ0n) is 3.39. The molecule has 0 atom stereocenters. The molecule has 0 amide bonds. The van der Waals surface area contributed by atoms with Crippen molar-refractivity contribution in [3.63, 3.8) is 0 Å². The molecule has 1 rings (SSSR count). The molecule has 1 aliphatic rings. The second-order valence-electron chi connectivity index (χ2n) is 1.53. The average molecular weight is 105 g/mol. The molecule has 1 heterocycles. The van der Waals surface area contributed by atoms with Crippen LogP contribution in [0.1, 0.15) is 0 Å². The first kappa shape index (κ1) is 4.27. The van der Waals surface area contributed by atoms with E-state index in [1.807, 2.05) is 0 Å². The van der Waals surface area contributed by atoms with Gasteiger partial charge in [0, 0.05) is 28.3 Å². The number of hydrogen-bond donors (Lipinski definition) is 1. The topological polar surface area (TPSA) is 43.1 Å². The van der Waals surface area contributed by atoms with Crippen LogP contribution in [-0.2, 0) is 10.8 Å². The van der Waals surface area contributed by atoms with Crippen LogP contribution in [0.3, 0.4) is 0 Å². The molecule has 6 heavy (non-hydrogen) atoms. The van der Waals surface area contributed by atoms with Crippen molar-refractivity contribution in [1.82, 2.24) is 0 Å². The molecule has 0 radical (unpaired) electrons. The van der Waals surface area contributed by atoms with E-state index in [2.05, 4.69) is 0 Å². The maximum absolute atomic E-state index is 10.1. The van der Waals surface area contributed by atoms with Crippen LogP contribution >= 0.6 is 0 Å². The van der Waals surface area contributed by atoms with Crippen LogP contribution in [0.15, 0.2) is 0 Å². The summed E-state index contributed by atoms with van der Waals surface area (Å²) in [5, 5.41) is 0. The summed E-state index contributed by atoms with van der Waals surface area (Å²) >= 11 is 0. The van der Waals surface area contributed by atoms with Crippen LogP contribution < -0.4 is 5.73 Å². The highest BCUT2D eigenvalue weighted by Gasteiger charge is 2.19. The van der Waals surface area contributed by atoms with Crippen molar-refractivity contribution in [1.29, 1.82) is 0 Å². The second kappa shape index (κ2) is 1.31. The van der Waals surface area contributed by atoms with Gasteiger partial charge in [0.1, 0.15) is 0 Å². The predicted octanol–water partition coefficient (Wildman–Crippen LogP) is -0.924. The first-order valence-electron chi connectivity index (χ1n) is 1.89. The average Bonchev–Trinajstić information content (AvgIpc) is 1.33. The number of rotatable bonds is 0. The van der Waals surface area contributed by atoms with Gasteiger partial charge in [-0.05, 0) is 0 Å². The Labute approximate surface area is 39.2 Å². The van der Waals surface area contributed by atoms with Gasteiger partial charge in [-0.3, -0.25) is 4.21 Å². The van der Waals surface area contributed by atoms with E-state index >= 15 is 0 Å². The third kappa shape index (κ3) is 0.604. The van der Waals surface area contributed by atoms with Crippen LogP contribution in [0.4, 0.5) is 0 Å². The second-order valence-corrected chi connectivity index (χ2v) is 3.08. The predicted molar refractivity (Wildman–Crippen MR) is 25.9 cm³/mol. The van der Waals surface area contributed by atoms with Gasteiger partial charge >= 0.3 is 0 Å². The minimum Gasteiger partial charge on any atom is -0.326 e. The largest absolute Gasteiger partial charge is 0.326 e. The normalized spacial score (nSPS) is 44.8. The highest BCUT2D eigenvalue weighted by Crippen LogP contribution is 1.99. The Bertz CT molecular complexity index is 74.9. The van der Waals surface area contributed by atoms with E-state index < -0.39 is 10.8 Å². The fourth-order valence-corrected chi connectivity index (χ4v) is 1.29. The van der Waals surface area contributed by atoms with Crippen molar-refractivity contribution in [2.45, 2.75) is 6.04 Å². The van der Waals surface area contributed by atoms with Gasteiger partial charge in [-0.1, -0.05) is 0 Å². The SMILES string of the molecule is NC1CS(=O)C1. The fraction of sp³-hybridized carbons (Fsp3) is 1.00. The molecular formula is C3H7NOS. The Morgan fingerprint density at radius 2 is 2.17 bits per heavy atom. The Morgan fingerprint density at radius 1 is 1.67 bits per heavy atom. The Kier molecular flexibility index (Phi) is 0.935. The summed E-state index contributed by atoms with van der Waals surface area (Å²) in [5.74, 6) is 1.44. The minimum atomic E-state index is -0.547. The highest BCUT2D eigenvalue weighted by molar-refractivity contribution is 7.86. The van der Waals surface area contributed by atoms with Crippen LogP contribution in [0.25, 0.3) is 0 Å². The minimum absolute atomic E-state index is 0.242. The molecule has 3 heteroatoms. The standard InChI is InChI=1S/C3H7NOS/c4-3-1-6(5)2-3/h3H,1-2,4H2. The van der Waals surface area contributed by atoms with Crippen LogP contribution in [0.2, 0.25) is 0 Å². The van der Waals surface area contributed by atoms with Crippen LogP contribution in [-0.4, -0.2) is 21.8 Å². The smallest absolute Gasteiger partial charge is 0.0396 e. The molecule has 0 aromatic rings. The summed E-state index contributed by atoms with van der Waals surface area (Å²) in [6.07, 6.45) is 0. The molecule has 1 saturated heterocycles. The van der Waals surface area contributed by atoms with Gasteiger partial charge in [-0.2, -0.15) is 0 Å². The molecule has 0 aromatic heterocycles. The molecule has 0 aromatic carbocycles. The molecular weight excluding hydrogens is 98.1 g/mol. The summed E-state index contributed by atoms with van der Waals surface area (Å²) in [4.78, 5) is 0. The van der Waals surface area contributed by atoms with Gasteiger partial charge < -0.3 is 5.73 Å². The number of hydrogen-bond acceptors (Lipinski definition) is 2. The van der Waals surface area contributed by atoms with E-state index in [9.17, 15) is 4.21 Å². The van der Waals surface area contributed by atoms with Crippen molar-refractivity contribution in [3.05, 3.63) is 0 Å². The fourth-order valence-electron chi connectivity index (χ4n) is 0.429. The van der Waals surface area contributed by atoms with Crippen molar-refractivity contribution < 1.29 is 4.21 Å². The van der Waals surface area contributed by atoms with Gasteiger partial charge in [0.2, 0.25) is 0 Å². The maximum atomic E-state index is 10.1. The van der Waals surface area contributed by atoms with E-state index in [-0.39, 0.29) is 6.04 Å². The molecule has 1 fully saturated rings. The molecule has 0 unspecified atom stereocenters. The summed E-state index contributed by atoms with van der Waals surface area (Å²) in [7, 11) is -0.547. The monoisotopic (exact) mass is 105 g/mol. The van der Waals surface area contributed by atoms with Gasteiger partial charge in [-0.15, -0.1) is 0 Å². The molecule has 0 bridgehead atoms. The third-order valence-corrected chi connectivity index (χ3v) is 2.40. The zero-order valence-corrected chi connectivity index (χ0v) is 4.20. The lowest BCUT2D eigenvalue weighted by Crippen LogP contribution is -2.43. The van der Waals surface area contributed by atoms with Crippen LogP contribution in [0.5, 0.6) is 0 Å². The van der Waals surface area contributed by atoms with E-state index in [4.69, 9.17) is 5.73 Å². The lowest BCUT2D eigenvalue weighted by Gasteiger charge is -2.18. The Balaban J connectivity index is 2.28. The molecule has 2 N–H and O–H groups in total. The Hall–Kier alpha value is 0.110. The lowest BCUT2D eigenvalue weighted by molar-refractivity contribution is 0.652. The summed E-state index contributed by atoms with van der Waals surface area (Å²) < 4.78 is 10.1. The molecule has 2 nitrogen and oxygen atoms in total. The summed E-state index contributed by atoms with van der Waals surface area (Å²) in [6, 6.07) is 0.242. The summed E-state index contributed by atoms with van der Waals surface area (Å²) in [6.45, 7) is 0. The van der Waals surface area contributed by atoms with E-state index in [0.717, 1.165) is 11.5 Å². The molecule has 0 aliphatic carbocycles. The van der Waals surface area contributed by atoms with Gasteiger partial charge in [-0.25, -0.2) is 0 Å². The maximum Gasteiger partial charge on any atom is 0.0396 e. The first-order valence-corrected chi connectivity index (χ1v) is 3.38. The Morgan fingerprint density at radius 3 is 2.17 bits per heavy atom. The third-order valence-electron chi connectivity index (χ3n) is 0.800. The quantitative estimate of drug-likeness (QED) is 0.433. The van der Waals surface area contributed by atoms with Crippen molar-refractivity contribution in [2.75, 3.05) is 11.5 Å². The van der Waals surface area contributed by atoms with Crippen molar-refractivity contribution >= 4 is 10.8 Å². The highest BCUT2D eigenvalue weighted by atomic mass is 32.2. The zero-order chi connectivity index (χ0) is 4.57. The first-order chi connectivity index (χ1) is 2.79. The number of nitrogens with two attached hydrogens (primary N) is 1. The van der Waals surface area contributed by atoms with Crippen molar-refractivity contribution in [3.8, 4) is 0 Å². The van der Waals surface area contributed by atoms with E-state index in [1.165, 1.54) is 0 Å². The van der Waals surface area contributed by atoms with E-state index in [1.54, 1.807) is 0 Å². The molecule has 0 spiro atoms. The van der Waals surface area contributed by atoms with Gasteiger partial charge in [0.05, 0.1) is 0 Å².